The van der Waals surface area contributed by atoms with Gasteiger partial charge in [0.1, 0.15) is 5.75 Å². The fourth-order valence-electron chi connectivity index (χ4n) is 2.88. The molecule has 0 unspecified atom stereocenters. The second-order valence-electron chi connectivity index (χ2n) is 8.42. The van der Waals surface area contributed by atoms with Crippen molar-refractivity contribution in [2.75, 3.05) is 13.2 Å². The van der Waals surface area contributed by atoms with Gasteiger partial charge < -0.3 is 15.0 Å². The van der Waals surface area contributed by atoms with Crippen LogP contribution in [0.15, 0.2) is 54.6 Å². The third-order valence-corrected chi connectivity index (χ3v) is 4.67. The van der Waals surface area contributed by atoms with Crippen molar-refractivity contribution >= 4 is 6.03 Å². The number of hydrogen-bond acceptors (Lipinski definition) is 2. The topological polar surface area (TPSA) is 41.6 Å². The van der Waals surface area contributed by atoms with E-state index >= 15 is 0 Å². The lowest BCUT2D eigenvalue weighted by molar-refractivity contribution is 0.179. The van der Waals surface area contributed by atoms with Crippen LogP contribution >= 0.6 is 0 Å². The van der Waals surface area contributed by atoms with Gasteiger partial charge in [-0.15, -0.1) is 0 Å². The molecule has 0 aliphatic carbocycles. The molecule has 0 fully saturated rings. The Kier molecular flexibility index (Phi) is 7.91. The van der Waals surface area contributed by atoms with Gasteiger partial charge in [0.2, 0.25) is 0 Å². The summed E-state index contributed by atoms with van der Waals surface area (Å²) < 4.78 is 5.79. The van der Waals surface area contributed by atoms with Crippen molar-refractivity contribution < 1.29 is 9.53 Å². The molecule has 0 aliphatic heterocycles. The summed E-state index contributed by atoms with van der Waals surface area (Å²) >= 11 is 0. The van der Waals surface area contributed by atoms with E-state index in [0.29, 0.717) is 19.7 Å². The van der Waals surface area contributed by atoms with Crippen LogP contribution in [0.4, 0.5) is 4.79 Å². The molecule has 0 aliphatic rings. The second-order valence-corrected chi connectivity index (χ2v) is 8.42. The van der Waals surface area contributed by atoms with Gasteiger partial charge in [-0.2, -0.15) is 0 Å². The first kappa shape index (κ1) is 21.8. The summed E-state index contributed by atoms with van der Waals surface area (Å²) in [7, 11) is 0. The molecule has 0 radical (unpaired) electrons. The number of hydrogen-bond donors (Lipinski definition) is 1. The fraction of sp³-hybridized carbons (Fsp3) is 0.458. The molecule has 0 saturated heterocycles. The molecule has 2 amide bonds. The van der Waals surface area contributed by atoms with Gasteiger partial charge in [-0.25, -0.2) is 4.79 Å². The Labute approximate surface area is 169 Å². The van der Waals surface area contributed by atoms with E-state index < -0.39 is 0 Å². The first-order valence-electron chi connectivity index (χ1n) is 10.1. The maximum absolute atomic E-state index is 12.5. The predicted octanol–water partition coefficient (Wildman–Crippen LogP) is 5.37. The van der Waals surface area contributed by atoms with Gasteiger partial charge in [-0.05, 0) is 48.9 Å². The molecule has 0 saturated carbocycles. The van der Waals surface area contributed by atoms with E-state index in [9.17, 15) is 4.79 Å². The van der Waals surface area contributed by atoms with Crippen LogP contribution in [0.25, 0.3) is 0 Å². The molecule has 0 spiro atoms. The van der Waals surface area contributed by atoms with Gasteiger partial charge in [-0.1, -0.05) is 63.2 Å². The van der Waals surface area contributed by atoms with Crippen LogP contribution in [0.2, 0.25) is 0 Å². The van der Waals surface area contributed by atoms with Crippen LogP contribution in [0.1, 0.15) is 52.2 Å². The normalized spacial score (nSPS) is 11.4. The second kappa shape index (κ2) is 10.2. The first-order valence-corrected chi connectivity index (χ1v) is 10.1. The molecule has 1 N–H and O–H groups in total. The molecule has 2 aromatic carbocycles. The van der Waals surface area contributed by atoms with Gasteiger partial charge in [-0.3, -0.25) is 0 Å². The largest absolute Gasteiger partial charge is 0.494 e. The summed E-state index contributed by atoms with van der Waals surface area (Å²) in [6.07, 6.45) is 0.768. The minimum atomic E-state index is -0.0339. The van der Waals surface area contributed by atoms with Crippen LogP contribution in [0.5, 0.6) is 5.75 Å². The van der Waals surface area contributed by atoms with Crippen molar-refractivity contribution in [3.8, 4) is 5.75 Å². The molecule has 4 heteroatoms. The van der Waals surface area contributed by atoms with E-state index in [-0.39, 0.29) is 17.5 Å². The maximum atomic E-state index is 12.5. The minimum absolute atomic E-state index is 0.0339. The Balaban J connectivity index is 1.73. The highest BCUT2D eigenvalue weighted by molar-refractivity contribution is 5.74. The number of nitrogens with zero attached hydrogens (tertiary/aromatic N) is 1. The monoisotopic (exact) mass is 382 g/mol. The van der Waals surface area contributed by atoms with E-state index in [1.807, 2.05) is 61.2 Å². The van der Waals surface area contributed by atoms with Crippen LogP contribution in [-0.2, 0) is 12.0 Å². The minimum Gasteiger partial charge on any atom is -0.494 e. The molecular weight excluding hydrogens is 348 g/mol. The highest BCUT2D eigenvalue weighted by atomic mass is 16.5. The Morgan fingerprint density at radius 3 is 2.25 bits per heavy atom. The standard InChI is InChI=1S/C24H34N2O2/c1-19(2)26(18-20-10-7-6-8-11-20)23(27)25-16-9-17-28-22-14-12-21(13-15-22)24(3,4)5/h6-8,10-15,19H,9,16-18H2,1-5H3,(H,25,27). The van der Waals surface area contributed by atoms with Crippen LogP contribution in [-0.4, -0.2) is 30.1 Å². The van der Waals surface area contributed by atoms with Crippen molar-refractivity contribution in [1.82, 2.24) is 10.2 Å². The molecular formula is C24H34N2O2. The highest BCUT2D eigenvalue weighted by Gasteiger charge is 2.16. The zero-order valence-electron chi connectivity index (χ0n) is 17.9. The number of ether oxygens (including phenoxy) is 1. The molecule has 2 rings (SSSR count). The number of urea groups is 1. The third-order valence-electron chi connectivity index (χ3n) is 4.67. The van der Waals surface area contributed by atoms with E-state index in [2.05, 4.69) is 38.2 Å². The lowest BCUT2D eigenvalue weighted by atomic mass is 9.87. The summed E-state index contributed by atoms with van der Waals surface area (Å²) in [6.45, 7) is 12.4. The van der Waals surface area contributed by atoms with Gasteiger partial charge in [0.15, 0.2) is 0 Å². The molecule has 0 atom stereocenters. The lowest BCUT2D eigenvalue weighted by Gasteiger charge is -2.27. The zero-order valence-corrected chi connectivity index (χ0v) is 17.9. The summed E-state index contributed by atoms with van der Waals surface area (Å²) in [4.78, 5) is 14.4. The molecule has 0 heterocycles. The van der Waals surface area contributed by atoms with Gasteiger partial charge in [0.25, 0.3) is 0 Å². The quantitative estimate of drug-likeness (QED) is 0.623. The SMILES string of the molecule is CC(C)N(Cc1ccccc1)C(=O)NCCCOc1ccc(C(C)(C)C)cc1. The Morgan fingerprint density at radius 1 is 1.04 bits per heavy atom. The number of rotatable bonds is 8. The van der Waals surface area contributed by atoms with Crippen LogP contribution < -0.4 is 10.1 Å². The molecule has 0 bridgehead atoms. The van der Waals surface area contributed by atoms with E-state index in [4.69, 9.17) is 4.74 Å². The Hall–Kier alpha value is -2.49. The summed E-state index contributed by atoms with van der Waals surface area (Å²) in [6, 6.07) is 18.4. The van der Waals surface area contributed by atoms with E-state index in [0.717, 1.165) is 17.7 Å². The average Bonchev–Trinajstić information content (AvgIpc) is 2.66. The van der Waals surface area contributed by atoms with Gasteiger partial charge >= 0.3 is 6.03 Å². The van der Waals surface area contributed by atoms with E-state index in [1.54, 1.807) is 0 Å². The smallest absolute Gasteiger partial charge is 0.317 e. The first-order chi connectivity index (χ1) is 13.3. The maximum Gasteiger partial charge on any atom is 0.317 e. The Morgan fingerprint density at radius 2 is 1.68 bits per heavy atom. The number of nitrogens with one attached hydrogen (secondary N) is 1. The molecule has 4 nitrogen and oxygen atoms in total. The summed E-state index contributed by atoms with van der Waals surface area (Å²) in [5.41, 5.74) is 2.57. The molecule has 152 valence electrons. The van der Waals surface area contributed by atoms with E-state index in [1.165, 1.54) is 5.56 Å². The molecule has 2 aromatic rings. The van der Waals surface area contributed by atoms with Crippen LogP contribution in [0.3, 0.4) is 0 Å². The van der Waals surface area contributed by atoms with Crippen molar-refractivity contribution in [3.05, 3.63) is 65.7 Å². The Bertz CT molecular complexity index is 719. The summed E-state index contributed by atoms with van der Waals surface area (Å²) in [5.74, 6) is 0.868. The molecule has 0 aromatic heterocycles. The van der Waals surface area contributed by atoms with Crippen molar-refractivity contribution in [2.45, 2.75) is 59.0 Å². The van der Waals surface area contributed by atoms with Crippen molar-refractivity contribution in [2.24, 2.45) is 0 Å². The average molecular weight is 383 g/mol. The molecule has 28 heavy (non-hydrogen) atoms. The summed E-state index contributed by atoms with van der Waals surface area (Å²) in [5, 5.41) is 3.01. The van der Waals surface area contributed by atoms with Gasteiger partial charge in [0, 0.05) is 19.1 Å². The number of carbonyl (C=O) groups is 1. The third kappa shape index (κ3) is 6.91. The number of amides is 2. The van der Waals surface area contributed by atoms with Crippen molar-refractivity contribution in [3.63, 3.8) is 0 Å². The highest BCUT2D eigenvalue weighted by Crippen LogP contribution is 2.24. The zero-order chi connectivity index (χ0) is 20.6. The number of carbonyl (C=O) groups excluding carboxylic acids is 1. The predicted molar refractivity (Wildman–Crippen MR) is 116 cm³/mol. The number of benzene rings is 2. The fourth-order valence-corrected chi connectivity index (χ4v) is 2.88. The lowest BCUT2D eigenvalue weighted by Crippen LogP contribution is -2.43. The van der Waals surface area contributed by atoms with Crippen molar-refractivity contribution in [1.29, 1.82) is 0 Å². The van der Waals surface area contributed by atoms with Gasteiger partial charge in [0.05, 0.1) is 6.61 Å². The van der Waals surface area contributed by atoms with Crippen LogP contribution in [0, 0.1) is 0 Å².